The van der Waals surface area contributed by atoms with Gasteiger partial charge in [-0.1, -0.05) is 48.0 Å². The molecular formula is C18H21BrN2O. The second-order valence-electron chi connectivity index (χ2n) is 5.64. The lowest BCUT2D eigenvalue weighted by atomic mass is 10.0. The van der Waals surface area contributed by atoms with Crippen LogP contribution in [0.4, 0.5) is 11.4 Å². The van der Waals surface area contributed by atoms with Gasteiger partial charge in [-0.15, -0.1) is 0 Å². The normalized spacial score (nSPS) is 10.6. The van der Waals surface area contributed by atoms with E-state index in [4.69, 9.17) is 0 Å². The minimum atomic E-state index is -0.0660. The second-order valence-corrected chi connectivity index (χ2v) is 6.50. The summed E-state index contributed by atoms with van der Waals surface area (Å²) >= 11 is 3.46. The molecule has 116 valence electrons. The Bertz CT molecular complexity index is 651. The minimum absolute atomic E-state index is 0.0660. The van der Waals surface area contributed by atoms with E-state index in [-0.39, 0.29) is 12.5 Å². The van der Waals surface area contributed by atoms with Crippen LogP contribution < -0.4 is 10.6 Å². The van der Waals surface area contributed by atoms with Crippen molar-refractivity contribution in [2.75, 3.05) is 17.2 Å². The molecule has 0 radical (unpaired) electrons. The van der Waals surface area contributed by atoms with Crippen LogP contribution in [0.25, 0.3) is 0 Å². The Morgan fingerprint density at radius 3 is 2.32 bits per heavy atom. The number of anilines is 2. The van der Waals surface area contributed by atoms with Gasteiger partial charge >= 0.3 is 0 Å². The number of benzene rings is 2. The highest BCUT2D eigenvalue weighted by atomic mass is 79.9. The molecule has 4 heteroatoms. The molecule has 22 heavy (non-hydrogen) atoms. The van der Waals surface area contributed by atoms with E-state index in [1.165, 1.54) is 5.56 Å². The molecule has 0 aliphatic rings. The zero-order chi connectivity index (χ0) is 16.1. The monoisotopic (exact) mass is 360 g/mol. The Morgan fingerprint density at radius 2 is 1.73 bits per heavy atom. The lowest BCUT2D eigenvalue weighted by Gasteiger charge is -2.10. The third kappa shape index (κ3) is 4.60. The fourth-order valence-electron chi connectivity index (χ4n) is 2.04. The number of rotatable bonds is 5. The summed E-state index contributed by atoms with van der Waals surface area (Å²) in [6.45, 7) is 6.58. The van der Waals surface area contributed by atoms with Crippen molar-refractivity contribution < 1.29 is 4.79 Å². The maximum atomic E-state index is 12.0. The summed E-state index contributed by atoms with van der Waals surface area (Å²) < 4.78 is 0.988. The van der Waals surface area contributed by atoms with Gasteiger partial charge in [-0.2, -0.15) is 0 Å². The predicted octanol–water partition coefficient (Wildman–Crippen LogP) is 4.93. The molecule has 0 fully saturated rings. The molecule has 0 atom stereocenters. The Kier molecular flexibility index (Phi) is 5.61. The number of carbonyl (C=O) groups excluding carboxylic acids is 1. The Labute approximate surface area is 140 Å². The van der Waals surface area contributed by atoms with E-state index >= 15 is 0 Å². The number of aryl methyl sites for hydroxylation is 1. The van der Waals surface area contributed by atoms with Crippen LogP contribution in [0.5, 0.6) is 0 Å². The first-order valence-electron chi connectivity index (χ1n) is 7.35. The Morgan fingerprint density at radius 1 is 1.09 bits per heavy atom. The molecule has 0 aromatic heterocycles. The number of hydrogen-bond donors (Lipinski definition) is 2. The first-order valence-corrected chi connectivity index (χ1v) is 8.15. The Balaban J connectivity index is 1.88. The average Bonchev–Trinajstić information content (AvgIpc) is 2.49. The van der Waals surface area contributed by atoms with Crippen LogP contribution in [0, 0.1) is 6.92 Å². The van der Waals surface area contributed by atoms with Crippen molar-refractivity contribution in [2.24, 2.45) is 0 Å². The van der Waals surface area contributed by atoms with Crippen LogP contribution in [0.1, 0.15) is 30.9 Å². The molecule has 0 heterocycles. The molecule has 0 saturated heterocycles. The van der Waals surface area contributed by atoms with Crippen LogP contribution in [-0.2, 0) is 4.79 Å². The van der Waals surface area contributed by atoms with Gasteiger partial charge in [-0.05, 0) is 48.2 Å². The molecule has 0 unspecified atom stereocenters. The van der Waals surface area contributed by atoms with E-state index in [1.54, 1.807) is 0 Å². The quantitative estimate of drug-likeness (QED) is 0.793. The van der Waals surface area contributed by atoms with Gasteiger partial charge in [0.15, 0.2) is 0 Å². The summed E-state index contributed by atoms with van der Waals surface area (Å²) in [5, 5.41) is 6.01. The van der Waals surface area contributed by atoms with Gasteiger partial charge in [-0.25, -0.2) is 0 Å². The summed E-state index contributed by atoms with van der Waals surface area (Å²) in [5.74, 6) is 0.445. The lowest BCUT2D eigenvalue weighted by Crippen LogP contribution is -2.21. The topological polar surface area (TPSA) is 41.1 Å². The number of amides is 1. The van der Waals surface area contributed by atoms with Gasteiger partial charge in [0.1, 0.15) is 0 Å². The zero-order valence-corrected chi connectivity index (χ0v) is 14.7. The van der Waals surface area contributed by atoms with Gasteiger partial charge in [0, 0.05) is 15.8 Å². The van der Waals surface area contributed by atoms with E-state index in [1.807, 2.05) is 37.3 Å². The highest BCUT2D eigenvalue weighted by Gasteiger charge is 2.04. The summed E-state index contributed by atoms with van der Waals surface area (Å²) in [6.07, 6.45) is 0. The van der Waals surface area contributed by atoms with Crippen LogP contribution >= 0.6 is 15.9 Å². The highest BCUT2D eigenvalue weighted by molar-refractivity contribution is 9.10. The van der Waals surface area contributed by atoms with Gasteiger partial charge in [0.25, 0.3) is 0 Å². The first-order chi connectivity index (χ1) is 10.5. The van der Waals surface area contributed by atoms with Crippen LogP contribution in [0.3, 0.4) is 0 Å². The number of nitrogens with one attached hydrogen (secondary N) is 2. The molecule has 0 aliphatic carbocycles. The van der Waals surface area contributed by atoms with Gasteiger partial charge in [0.05, 0.1) is 6.54 Å². The van der Waals surface area contributed by atoms with Crippen molar-refractivity contribution in [1.29, 1.82) is 0 Å². The second kappa shape index (κ2) is 7.45. The molecule has 0 spiro atoms. The summed E-state index contributed by atoms with van der Waals surface area (Å²) in [6, 6.07) is 14.0. The van der Waals surface area contributed by atoms with Crippen molar-refractivity contribution >= 4 is 33.2 Å². The maximum absolute atomic E-state index is 12.0. The molecule has 0 aliphatic heterocycles. The van der Waals surface area contributed by atoms with Gasteiger partial charge in [0.2, 0.25) is 5.91 Å². The number of halogens is 1. The van der Waals surface area contributed by atoms with Gasteiger partial charge in [-0.3, -0.25) is 4.79 Å². The van der Waals surface area contributed by atoms with Crippen molar-refractivity contribution in [1.82, 2.24) is 0 Å². The molecule has 1 amide bonds. The third-order valence-corrected chi connectivity index (χ3v) is 4.34. The fraction of sp³-hybridized carbons (Fsp3) is 0.278. The van der Waals surface area contributed by atoms with E-state index in [2.05, 4.69) is 52.5 Å². The molecule has 2 rings (SSSR count). The van der Waals surface area contributed by atoms with Crippen molar-refractivity contribution in [2.45, 2.75) is 26.7 Å². The fourth-order valence-corrected chi connectivity index (χ4v) is 2.42. The highest BCUT2D eigenvalue weighted by Crippen LogP contribution is 2.20. The van der Waals surface area contributed by atoms with Crippen LogP contribution in [0.2, 0.25) is 0 Å². The van der Waals surface area contributed by atoms with E-state index in [0.717, 1.165) is 21.4 Å². The predicted molar refractivity (Wildman–Crippen MR) is 96.5 cm³/mol. The van der Waals surface area contributed by atoms with E-state index < -0.39 is 0 Å². The molecule has 2 N–H and O–H groups in total. The van der Waals surface area contributed by atoms with Crippen molar-refractivity contribution in [3.05, 3.63) is 58.1 Å². The molecule has 0 saturated carbocycles. The number of hydrogen-bond acceptors (Lipinski definition) is 2. The minimum Gasteiger partial charge on any atom is -0.376 e. The summed E-state index contributed by atoms with van der Waals surface area (Å²) in [4.78, 5) is 12.0. The molecule has 2 aromatic rings. The van der Waals surface area contributed by atoms with Crippen molar-refractivity contribution in [3.63, 3.8) is 0 Å². The maximum Gasteiger partial charge on any atom is 0.243 e. The largest absolute Gasteiger partial charge is 0.376 e. The van der Waals surface area contributed by atoms with E-state index in [9.17, 15) is 4.79 Å². The first kappa shape index (κ1) is 16.6. The number of carbonyl (C=O) groups is 1. The van der Waals surface area contributed by atoms with Gasteiger partial charge < -0.3 is 10.6 Å². The van der Waals surface area contributed by atoms with E-state index in [0.29, 0.717) is 5.92 Å². The molecule has 2 aromatic carbocycles. The SMILES string of the molecule is Cc1ccc(NC(=O)CNc2ccc(C(C)C)cc2)cc1Br. The smallest absolute Gasteiger partial charge is 0.243 e. The zero-order valence-electron chi connectivity index (χ0n) is 13.1. The van der Waals surface area contributed by atoms with Crippen molar-refractivity contribution in [3.8, 4) is 0 Å². The Hall–Kier alpha value is -1.81. The summed E-state index contributed by atoms with van der Waals surface area (Å²) in [7, 11) is 0. The van der Waals surface area contributed by atoms with Crippen LogP contribution in [0.15, 0.2) is 46.9 Å². The van der Waals surface area contributed by atoms with Crippen LogP contribution in [-0.4, -0.2) is 12.5 Å². The average molecular weight is 361 g/mol. The summed E-state index contributed by atoms with van der Waals surface area (Å²) in [5.41, 5.74) is 4.17. The lowest BCUT2D eigenvalue weighted by molar-refractivity contribution is -0.114. The molecular weight excluding hydrogens is 340 g/mol. The molecule has 0 bridgehead atoms. The third-order valence-electron chi connectivity index (χ3n) is 3.49. The standard InChI is InChI=1S/C18H21BrN2O/c1-12(2)14-5-8-15(9-6-14)20-11-18(22)21-16-7-4-13(3)17(19)10-16/h4-10,12,20H,11H2,1-3H3,(H,21,22). The molecule has 3 nitrogen and oxygen atoms in total.